The highest BCUT2D eigenvalue weighted by molar-refractivity contribution is 6.70. The maximum atomic E-state index is 6.28. The van der Waals surface area contributed by atoms with E-state index in [4.69, 9.17) is 21.7 Å². The first kappa shape index (κ1) is 53.6. The summed E-state index contributed by atoms with van der Waals surface area (Å²) in [6.07, 6.45) is 63.3. The molecule has 314 valence electrons. The van der Waals surface area contributed by atoms with Crippen molar-refractivity contribution in [2.24, 2.45) is 0 Å². The normalized spacial score (nSPS) is 13.1. The predicted octanol–water partition coefficient (Wildman–Crippen LogP) is 15.8. The SMILES string of the molecule is C#C/C=C\CCCCCCCCCCCCCC/C=C\CCCC/C=C\CCCCC#C[C@H](C#CCCCCCC/C=C/[C@@H](C#C)O[Si](C)(C)C)O[Si](C)(C)C. The lowest BCUT2D eigenvalue weighted by molar-refractivity contribution is 0.298. The molecule has 0 amide bonds. The average molecular weight is 799 g/mol. The molecular formula is C52H86O2Si2. The molecule has 56 heavy (non-hydrogen) atoms. The van der Waals surface area contributed by atoms with Gasteiger partial charge in [0.1, 0.15) is 6.10 Å². The van der Waals surface area contributed by atoms with Gasteiger partial charge in [-0.2, -0.15) is 0 Å². The minimum Gasteiger partial charge on any atom is -0.401 e. The van der Waals surface area contributed by atoms with Gasteiger partial charge >= 0.3 is 0 Å². The molecule has 2 nitrogen and oxygen atoms in total. The Hall–Kier alpha value is -2.45. The lowest BCUT2D eigenvalue weighted by Crippen LogP contribution is -2.30. The lowest BCUT2D eigenvalue weighted by atomic mass is 10.0. The minimum absolute atomic E-state index is 0.188. The smallest absolute Gasteiger partial charge is 0.186 e. The first-order valence-electron chi connectivity index (χ1n) is 22.9. The average Bonchev–Trinajstić information content (AvgIpc) is 3.14. The van der Waals surface area contributed by atoms with E-state index in [0.717, 1.165) is 44.9 Å². The van der Waals surface area contributed by atoms with Crippen molar-refractivity contribution in [3.8, 4) is 48.4 Å². The zero-order valence-corrected chi connectivity index (χ0v) is 39.5. The maximum Gasteiger partial charge on any atom is 0.186 e. The summed E-state index contributed by atoms with van der Waals surface area (Å²) >= 11 is 0. The summed E-state index contributed by atoms with van der Waals surface area (Å²) in [7, 11) is -3.33. The molecule has 0 aliphatic heterocycles. The molecule has 2 atom stereocenters. The van der Waals surface area contributed by atoms with Crippen LogP contribution in [0, 0.1) is 48.4 Å². The van der Waals surface area contributed by atoms with E-state index in [0.29, 0.717) is 0 Å². The van der Waals surface area contributed by atoms with Gasteiger partial charge < -0.3 is 8.85 Å². The Morgan fingerprint density at radius 2 is 0.768 bits per heavy atom. The van der Waals surface area contributed by atoms with Gasteiger partial charge in [0.2, 0.25) is 0 Å². The second-order valence-electron chi connectivity index (χ2n) is 17.3. The number of unbranched alkanes of at least 4 members (excludes halogenated alkanes) is 24. The lowest BCUT2D eigenvalue weighted by Gasteiger charge is -2.20. The molecular weight excluding hydrogens is 713 g/mol. The maximum absolute atomic E-state index is 6.28. The Balaban J connectivity index is 3.82. The van der Waals surface area contributed by atoms with Crippen molar-refractivity contribution < 1.29 is 8.85 Å². The number of terminal acetylenes is 2. The summed E-state index contributed by atoms with van der Waals surface area (Å²) in [4.78, 5) is 0. The summed E-state index contributed by atoms with van der Waals surface area (Å²) in [6.45, 7) is 13.1. The van der Waals surface area contributed by atoms with E-state index in [1.807, 2.05) is 12.2 Å². The molecule has 0 radical (unpaired) electrons. The molecule has 0 unspecified atom stereocenters. The quantitative estimate of drug-likeness (QED) is 0.0275. The van der Waals surface area contributed by atoms with Gasteiger partial charge in [0.15, 0.2) is 22.7 Å². The Morgan fingerprint density at radius 1 is 0.429 bits per heavy atom. The van der Waals surface area contributed by atoms with Crippen molar-refractivity contribution in [3.05, 3.63) is 48.6 Å². The monoisotopic (exact) mass is 799 g/mol. The minimum atomic E-state index is -1.71. The highest BCUT2D eigenvalue weighted by Gasteiger charge is 2.19. The van der Waals surface area contributed by atoms with Crippen LogP contribution in [0.25, 0.3) is 0 Å². The third-order valence-electron chi connectivity index (χ3n) is 9.27. The van der Waals surface area contributed by atoms with Crippen molar-refractivity contribution >= 4 is 16.6 Å². The van der Waals surface area contributed by atoms with E-state index >= 15 is 0 Å². The van der Waals surface area contributed by atoms with Crippen LogP contribution in [0.15, 0.2) is 48.6 Å². The van der Waals surface area contributed by atoms with Gasteiger partial charge in [0.25, 0.3) is 0 Å². The summed E-state index contributed by atoms with van der Waals surface area (Å²) in [5.41, 5.74) is 0. The Labute approximate surface area is 352 Å². The summed E-state index contributed by atoms with van der Waals surface area (Å²) < 4.78 is 12.3. The van der Waals surface area contributed by atoms with E-state index in [2.05, 4.69) is 111 Å². The van der Waals surface area contributed by atoms with Gasteiger partial charge in [0.05, 0.1) is 0 Å². The Kier molecular flexibility index (Phi) is 37.7. The Morgan fingerprint density at radius 3 is 1.18 bits per heavy atom. The summed E-state index contributed by atoms with van der Waals surface area (Å²) in [6, 6.07) is 0. The first-order chi connectivity index (χ1) is 27.1. The molecule has 0 saturated heterocycles. The van der Waals surface area contributed by atoms with Crippen molar-refractivity contribution in [2.75, 3.05) is 0 Å². The first-order valence-corrected chi connectivity index (χ1v) is 29.8. The van der Waals surface area contributed by atoms with Crippen LogP contribution in [0.5, 0.6) is 0 Å². The molecule has 0 aromatic rings. The van der Waals surface area contributed by atoms with Crippen molar-refractivity contribution in [3.63, 3.8) is 0 Å². The molecule has 0 aliphatic carbocycles. The van der Waals surface area contributed by atoms with Crippen LogP contribution in [0.4, 0.5) is 0 Å². The predicted molar refractivity (Wildman–Crippen MR) is 255 cm³/mol. The van der Waals surface area contributed by atoms with Gasteiger partial charge in [-0.3, -0.25) is 0 Å². The fraction of sp³-hybridized carbons (Fsp3) is 0.692. The third kappa shape index (κ3) is 44.3. The molecule has 0 saturated carbocycles. The summed E-state index contributed by atoms with van der Waals surface area (Å²) in [5, 5.41) is 0. The van der Waals surface area contributed by atoms with Crippen molar-refractivity contribution in [2.45, 2.75) is 231 Å². The van der Waals surface area contributed by atoms with E-state index < -0.39 is 16.6 Å². The van der Waals surface area contributed by atoms with E-state index in [1.165, 1.54) is 135 Å². The van der Waals surface area contributed by atoms with Gasteiger partial charge in [-0.15, -0.1) is 12.8 Å². The molecule has 0 rings (SSSR count). The molecule has 0 heterocycles. The number of rotatable bonds is 35. The van der Waals surface area contributed by atoms with Gasteiger partial charge in [-0.25, -0.2) is 0 Å². The largest absolute Gasteiger partial charge is 0.401 e. The van der Waals surface area contributed by atoms with Gasteiger partial charge in [-0.05, 0) is 141 Å². The molecule has 0 bridgehead atoms. The topological polar surface area (TPSA) is 18.5 Å². The molecule has 0 aromatic carbocycles. The zero-order valence-electron chi connectivity index (χ0n) is 37.5. The second-order valence-corrected chi connectivity index (χ2v) is 26.2. The Bertz CT molecular complexity index is 1240. The molecule has 0 aliphatic rings. The van der Waals surface area contributed by atoms with E-state index in [9.17, 15) is 0 Å². The van der Waals surface area contributed by atoms with Crippen LogP contribution in [0.3, 0.4) is 0 Å². The highest BCUT2D eigenvalue weighted by Crippen LogP contribution is 2.14. The van der Waals surface area contributed by atoms with Crippen LogP contribution in [0.1, 0.15) is 180 Å². The number of hydrogen-bond donors (Lipinski definition) is 0. The molecule has 0 aromatic heterocycles. The van der Waals surface area contributed by atoms with Crippen LogP contribution in [-0.2, 0) is 8.85 Å². The fourth-order valence-electron chi connectivity index (χ4n) is 6.25. The van der Waals surface area contributed by atoms with Crippen LogP contribution < -0.4 is 0 Å². The zero-order chi connectivity index (χ0) is 41.3. The highest BCUT2D eigenvalue weighted by atomic mass is 28.4. The van der Waals surface area contributed by atoms with Crippen LogP contribution in [-0.4, -0.2) is 28.8 Å². The standard InChI is InChI=1S/C52H86O2Si2/c1-9-11-12-13-14-15-16-17-18-19-20-21-22-23-24-25-26-27-28-29-30-31-32-33-34-35-36-40-43-46-49-52(54-56(6,7)8)50-47-44-41-38-37-39-42-45-48-51(10-2)53-55(3,4)5/h1-2,11-12,27-28,33-34,45,48,51-52H,13-26,29-32,35-44H2,3-8H3/b12-11-,28-27-,34-33-,48-45+/t51-,52-/m1/s1. The number of hydrogen-bond acceptors (Lipinski definition) is 2. The molecule has 0 spiro atoms. The van der Waals surface area contributed by atoms with Crippen molar-refractivity contribution in [1.29, 1.82) is 0 Å². The number of allylic oxidation sites excluding steroid dienone is 7. The third-order valence-corrected chi connectivity index (χ3v) is 11.2. The second kappa shape index (κ2) is 39.4. The van der Waals surface area contributed by atoms with E-state index in [1.54, 1.807) is 0 Å². The van der Waals surface area contributed by atoms with E-state index in [-0.39, 0.29) is 12.2 Å². The molecule has 0 fully saturated rings. The summed E-state index contributed by atoms with van der Waals surface area (Å²) in [5.74, 6) is 18.7. The van der Waals surface area contributed by atoms with Gasteiger partial charge in [-0.1, -0.05) is 149 Å². The fourth-order valence-corrected chi connectivity index (χ4v) is 7.99. The van der Waals surface area contributed by atoms with Crippen LogP contribution in [0.2, 0.25) is 39.3 Å². The van der Waals surface area contributed by atoms with Crippen molar-refractivity contribution in [1.82, 2.24) is 0 Å². The van der Waals surface area contributed by atoms with Gasteiger partial charge in [0, 0.05) is 12.8 Å². The molecule has 0 N–H and O–H groups in total. The van der Waals surface area contributed by atoms with Crippen LogP contribution >= 0.6 is 0 Å². The molecule has 4 heteroatoms.